The van der Waals surface area contributed by atoms with E-state index in [9.17, 15) is 19.2 Å². The summed E-state index contributed by atoms with van der Waals surface area (Å²) >= 11 is 1.19. The highest BCUT2D eigenvalue weighted by molar-refractivity contribution is 7.14. The normalized spacial score (nSPS) is 10.6. The molecule has 0 aliphatic carbocycles. The van der Waals surface area contributed by atoms with Crippen LogP contribution in [0.3, 0.4) is 0 Å². The van der Waals surface area contributed by atoms with E-state index in [-0.39, 0.29) is 30.2 Å². The monoisotopic (exact) mass is 423 g/mol. The number of nitrogens with two attached hydrogens (primary N) is 1. The number of H-pyrrole nitrogens is 1. The van der Waals surface area contributed by atoms with Crippen molar-refractivity contribution in [2.45, 2.75) is 33.2 Å². The number of rotatable bonds is 9. The minimum atomic E-state index is -0.668. The summed E-state index contributed by atoms with van der Waals surface area (Å²) in [5.74, 6) is -0.975. The van der Waals surface area contributed by atoms with E-state index in [1.165, 1.54) is 27.9 Å². The lowest BCUT2D eigenvalue weighted by Crippen LogP contribution is -2.39. The largest absolute Gasteiger partial charge is 0.462 e. The number of thiophene rings is 1. The number of nitrogen functional groups attached to an aromatic ring is 1. The van der Waals surface area contributed by atoms with Gasteiger partial charge in [0.25, 0.3) is 5.56 Å². The number of anilines is 3. The van der Waals surface area contributed by atoms with Crippen LogP contribution in [-0.4, -0.2) is 41.6 Å². The Bertz CT molecular complexity index is 993. The number of ether oxygens (including phenoxy) is 1. The maximum Gasteiger partial charge on any atom is 0.341 e. The summed E-state index contributed by atoms with van der Waals surface area (Å²) in [5, 5.41) is 4.67. The predicted octanol–water partition coefficient (Wildman–Crippen LogP) is 1.23. The van der Waals surface area contributed by atoms with Gasteiger partial charge in [0.2, 0.25) is 5.91 Å². The van der Waals surface area contributed by atoms with Crippen LogP contribution < -0.4 is 27.2 Å². The summed E-state index contributed by atoms with van der Waals surface area (Å²) in [6.07, 6.45) is 1.57. The number of aromatic amines is 1. The molecule has 4 N–H and O–H groups in total. The van der Waals surface area contributed by atoms with E-state index in [4.69, 9.17) is 10.5 Å². The summed E-state index contributed by atoms with van der Waals surface area (Å²) in [6, 6.07) is 1.56. The van der Waals surface area contributed by atoms with Gasteiger partial charge in [-0.3, -0.25) is 19.1 Å². The highest BCUT2D eigenvalue weighted by Crippen LogP contribution is 2.24. The van der Waals surface area contributed by atoms with Crippen molar-refractivity contribution in [3.63, 3.8) is 0 Å². The van der Waals surface area contributed by atoms with Gasteiger partial charge in [-0.1, -0.05) is 13.3 Å². The fourth-order valence-electron chi connectivity index (χ4n) is 2.72. The fourth-order valence-corrected chi connectivity index (χ4v) is 3.51. The average Bonchev–Trinajstić information content (AvgIpc) is 3.09. The van der Waals surface area contributed by atoms with Gasteiger partial charge in [0.15, 0.2) is 0 Å². The van der Waals surface area contributed by atoms with Crippen molar-refractivity contribution in [1.29, 1.82) is 0 Å². The lowest BCUT2D eigenvalue weighted by molar-refractivity contribution is -0.114. The number of hydrogen-bond acceptors (Lipinski definition) is 8. The molecule has 11 heteroatoms. The van der Waals surface area contributed by atoms with E-state index >= 15 is 0 Å². The molecule has 0 saturated heterocycles. The molecule has 0 saturated carbocycles. The molecule has 0 aromatic carbocycles. The second-order valence-corrected chi connectivity index (χ2v) is 7.20. The van der Waals surface area contributed by atoms with E-state index in [2.05, 4.69) is 10.3 Å². The molecular weight excluding hydrogens is 398 g/mol. The Kier molecular flexibility index (Phi) is 7.59. The number of esters is 1. The Balaban J connectivity index is 2.19. The van der Waals surface area contributed by atoms with Gasteiger partial charge in [-0.25, -0.2) is 9.59 Å². The standard InChI is InChI=1S/C18H25N5O5S/c1-4-6-8-23-14(19)13(15(25)21-18(23)27)22(3)10-12(24)20-16-11(7-9-29-16)17(26)28-5-2/h7,9H,4-6,8,10,19H2,1-3H3,(H,20,24)(H,21,25,27). The van der Waals surface area contributed by atoms with Gasteiger partial charge in [0.05, 0.1) is 18.7 Å². The summed E-state index contributed by atoms with van der Waals surface area (Å²) in [4.78, 5) is 52.3. The predicted molar refractivity (Wildman–Crippen MR) is 113 cm³/mol. The van der Waals surface area contributed by atoms with E-state index in [0.29, 0.717) is 11.5 Å². The molecule has 2 aromatic heterocycles. The van der Waals surface area contributed by atoms with Gasteiger partial charge in [-0.05, 0) is 24.8 Å². The maximum atomic E-state index is 12.5. The summed E-state index contributed by atoms with van der Waals surface area (Å²) in [6.45, 7) is 4.04. The maximum absolute atomic E-state index is 12.5. The first-order valence-electron chi connectivity index (χ1n) is 9.18. The zero-order valence-corrected chi connectivity index (χ0v) is 17.4. The summed E-state index contributed by atoms with van der Waals surface area (Å²) < 4.78 is 6.24. The molecule has 0 atom stereocenters. The third kappa shape index (κ3) is 5.25. The third-order valence-corrected chi connectivity index (χ3v) is 4.96. The Morgan fingerprint density at radius 3 is 2.72 bits per heavy atom. The first-order valence-corrected chi connectivity index (χ1v) is 10.1. The van der Waals surface area contributed by atoms with Crippen LogP contribution in [0.1, 0.15) is 37.0 Å². The van der Waals surface area contributed by atoms with Gasteiger partial charge >= 0.3 is 11.7 Å². The third-order valence-electron chi connectivity index (χ3n) is 4.13. The van der Waals surface area contributed by atoms with Crippen molar-refractivity contribution in [1.82, 2.24) is 9.55 Å². The lowest BCUT2D eigenvalue weighted by atomic mass is 10.3. The molecule has 2 aromatic rings. The number of amides is 1. The Morgan fingerprint density at radius 2 is 2.07 bits per heavy atom. The second-order valence-electron chi connectivity index (χ2n) is 6.29. The molecule has 1 amide bonds. The Hall–Kier alpha value is -3.08. The number of nitrogens with one attached hydrogen (secondary N) is 2. The molecule has 10 nitrogen and oxygen atoms in total. The zero-order valence-electron chi connectivity index (χ0n) is 16.6. The SMILES string of the molecule is CCCCn1c(N)c(N(C)CC(=O)Nc2sccc2C(=O)OCC)c(=O)[nH]c1=O. The molecule has 0 spiro atoms. The van der Waals surface area contributed by atoms with E-state index < -0.39 is 23.1 Å². The minimum Gasteiger partial charge on any atom is -0.462 e. The number of nitrogens with zero attached hydrogens (tertiary/aromatic N) is 2. The van der Waals surface area contributed by atoms with Crippen LogP contribution in [0, 0.1) is 0 Å². The van der Waals surface area contributed by atoms with Crippen LogP contribution in [0.15, 0.2) is 21.0 Å². The number of likely N-dealkylation sites (N-methyl/N-ethyl adjacent to an activating group) is 1. The van der Waals surface area contributed by atoms with Crippen LogP contribution in [0.25, 0.3) is 0 Å². The molecule has 158 valence electrons. The topological polar surface area (TPSA) is 140 Å². The van der Waals surface area contributed by atoms with Gasteiger partial charge in [-0.2, -0.15) is 0 Å². The Morgan fingerprint density at radius 1 is 1.34 bits per heavy atom. The fraction of sp³-hybridized carbons (Fsp3) is 0.444. The van der Waals surface area contributed by atoms with E-state index in [1.807, 2.05) is 6.92 Å². The van der Waals surface area contributed by atoms with Crippen molar-refractivity contribution < 1.29 is 14.3 Å². The van der Waals surface area contributed by atoms with Gasteiger partial charge < -0.3 is 20.7 Å². The molecule has 0 bridgehead atoms. The molecule has 0 aliphatic rings. The van der Waals surface area contributed by atoms with Crippen molar-refractivity contribution in [2.75, 3.05) is 36.1 Å². The highest BCUT2D eigenvalue weighted by Gasteiger charge is 2.20. The number of carbonyl (C=O) groups is 2. The van der Waals surface area contributed by atoms with Crippen LogP contribution in [-0.2, 0) is 16.1 Å². The molecule has 29 heavy (non-hydrogen) atoms. The first-order chi connectivity index (χ1) is 13.8. The lowest BCUT2D eigenvalue weighted by Gasteiger charge is -2.21. The van der Waals surface area contributed by atoms with E-state index in [0.717, 1.165) is 12.8 Å². The zero-order chi connectivity index (χ0) is 21.6. The first kappa shape index (κ1) is 22.2. The van der Waals surface area contributed by atoms with Gasteiger partial charge in [-0.15, -0.1) is 11.3 Å². The quantitative estimate of drug-likeness (QED) is 0.515. The van der Waals surface area contributed by atoms with Crippen molar-refractivity contribution in [3.05, 3.63) is 37.8 Å². The minimum absolute atomic E-state index is 0.00540. The van der Waals surface area contributed by atoms with Gasteiger partial charge in [0, 0.05) is 13.6 Å². The smallest absolute Gasteiger partial charge is 0.341 e. The molecule has 2 heterocycles. The Labute approximate surface area is 171 Å². The van der Waals surface area contributed by atoms with Crippen LogP contribution in [0.4, 0.5) is 16.5 Å². The number of aromatic nitrogens is 2. The van der Waals surface area contributed by atoms with Crippen LogP contribution >= 0.6 is 11.3 Å². The van der Waals surface area contributed by atoms with Crippen molar-refractivity contribution in [3.8, 4) is 0 Å². The number of unbranched alkanes of at least 4 members (excludes halogenated alkanes) is 1. The van der Waals surface area contributed by atoms with E-state index in [1.54, 1.807) is 18.4 Å². The molecular formula is C18H25N5O5S. The summed E-state index contributed by atoms with van der Waals surface area (Å²) in [5.41, 5.74) is 5.09. The molecule has 0 unspecified atom stereocenters. The molecule has 0 fully saturated rings. The van der Waals surface area contributed by atoms with Crippen molar-refractivity contribution in [2.24, 2.45) is 0 Å². The van der Waals surface area contributed by atoms with Gasteiger partial charge in [0.1, 0.15) is 16.5 Å². The average molecular weight is 423 g/mol. The van der Waals surface area contributed by atoms with Crippen LogP contribution in [0.5, 0.6) is 0 Å². The second kappa shape index (κ2) is 9.92. The highest BCUT2D eigenvalue weighted by atomic mass is 32.1. The molecule has 2 rings (SSSR count). The van der Waals surface area contributed by atoms with Crippen molar-refractivity contribution >= 4 is 39.7 Å². The number of carbonyl (C=O) groups excluding carboxylic acids is 2. The molecule has 0 radical (unpaired) electrons. The number of hydrogen-bond donors (Lipinski definition) is 3. The summed E-state index contributed by atoms with van der Waals surface area (Å²) in [7, 11) is 1.52. The molecule has 0 aliphatic heterocycles. The van der Waals surface area contributed by atoms with Crippen LogP contribution in [0.2, 0.25) is 0 Å².